The zero-order valence-electron chi connectivity index (χ0n) is 14.3. The van der Waals surface area contributed by atoms with Crippen LogP contribution in [-0.2, 0) is 0 Å². The fourth-order valence-corrected chi connectivity index (χ4v) is 3.65. The zero-order chi connectivity index (χ0) is 16.7. The van der Waals surface area contributed by atoms with Gasteiger partial charge in [-0.3, -0.25) is 4.90 Å². The van der Waals surface area contributed by atoms with E-state index in [4.69, 9.17) is 4.74 Å². The van der Waals surface area contributed by atoms with Gasteiger partial charge >= 0.3 is 0 Å². The maximum atomic E-state index is 10.2. The van der Waals surface area contributed by atoms with Crippen LogP contribution < -0.4 is 10.1 Å². The molecule has 0 spiro atoms. The highest BCUT2D eigenvalue weighted by Crippen LogP contribution is 2.39. The van der Waals surface area contributed by atoms with Gasteiger partial charge in [0.2, 0.25) is 0 Å². The lowest BCUT2D eigenvalue weighted by Gasteiger charge is -2.35. The molecule has 0 unspecified atom stereocenters. The Morgan fingerprint density at radius 3 is 2.65 bits per heavy atom. The van der Waals surface area contributed by atoms with E-state index >= 15 is 0 Å². The number of piperazine rings is 1. The summed E-state index contributed by atoms with van der Waals surface area (Å²) in [5.74, 6) is 0.774. The normalized spacial score (nSPS) is 17.2. The molecule has 0 amide bonds. The van der Waals surface area contributed by atoms with Gasteiger partial charge in [0, 0.05) is 32.2 Å². The summed E-state index contributed by atoms with van der Waals surface area (Å²) in [5, 5.41) is 13.6. The van der Waals surface area contributed by atoms with Crippen LogP contribution in [0.1, 0.15) is 51.1 Å². The lowest BCUT2D eigenvalue weighted by atomic mass is 9.97. The topological polar surface area (TPSA) is 44.7 Å². The number of hydrogen-bond donors (Lipinski definition) is 2. The monoisotopic (exact) mass is 384 g/mol. The van der Waals surface area contributed by atoms with E-state index in [0.29, 0.717) is 22.9 Å². The van der Waals surface area contributed by atoms with Crippen LogP contribution in [0.2, 0.25) is 0 Å². The minimum atomic E-state index is 0.197. The van der Waals surface area contributed by atoms with Crippen molar-refractivity contribution >= 4 is 15.9 Å². The third kappa shape index (κ3) is 5.10. The molecule has 0 radical (unpaired) electrons. The van der Waals surface area contributed by atoms with Crippen LogP contribution in [0.5, 0.6) is 11.5 Å². The highest BCUT2D eigenvalue weighted by molar-refractivity contribution is 9.10. The Balaban J connectivity index is 2.25. The van der Waals surface area contributed by atoms with E-state index < -0.39 is 0 Å². The van der Waals surface area contributed by atoms with E-state index in [2.05, 4.69) is 39.1 Å². The SMILES string of the molecule is CCCCC[C@H](c1cc(Br)c(O)c(OCC)c1)N1CCNCC1. The second-order valence-electron chi connectivity index (χ2n) is 6.08. The van der Waals surface area contributed by atoms with Crippen molar-refractivity contribution < 1.29 is 9.84 Å². The smallest absolute Gasteiger partial charge is 0.172 e. The van der Waals surface area contributed by atoms with Gasteiger partial charge in [0.1, 0.15) is 0 Å². The summed E-state index contributed by atoms with van der Waals surface area (Å²) in [7, 11) is 0. The lowest BCUT2D eigenvalue weighted by Crippen LogP contribution is -2.45. The van der Waals surface area contributed by atoms with Crippen molar-refractivity contribution in [3.05, 3.63) is 22.2 Å². The molecule has 0 aromatic heterocycles. The first-order valence-corrected chi connectivity index (χ1v) is 9.56. The van der Waals surface area contributed by atoms with Crippen LogP contribution in [0.4, 0.5) is 0 Å². The van der Waals surface area contributed by atoms with E-state index in [9.17, 15) is 5.11 Å². The first-order valence-electron chi connectivity index (χ1n) is 8.77. The van der Waals surface area contributed by atoms with Gasteiger partial charge in [0.25, 0.3) is 0 Å². The van der Waals surface area contributed by atoms with E-state index in [1.54, 1.807) is 0 Å². The molecule has 0 bridgehead atoms. The fraction of sp³-hybridized carbons (Fsp3) is 0.667. The van der Waals surface area contributed by atoms with E-state index in [1.807, 2.05) is 13.0 Å². The summed E-state index contributed by atoms with van der Waals surface area (Å²) < 4.78 is 6.33. The van der Waals surface area contributed by atoms with Crippen molar-refractivity contribution in [2.24, 2.45) is 0 Å². The highest BCUT2D eigenvalue weighted by Gasteiger charge is 2.23. The van der Waals surface area contributed by atoms with Crippen LogP contribution in [0.3, 0.4) is 0 Å². The Morgan fingerprint density at radius 1 is 1.26 bits per heavy atom. The summed E-state index contributed by atoms with van der Waals surface area (Å²) in [6, 6.07) is 4.46. The molecular weight excluding hydrogens is 356 g/mol. The molecule has 2 rings (SSSR count). The number of benzene rings is 1. The number of hydrogen-bond acceptors (Lipinski definition) is 4. The van der Waals surface area contributed by atoms with Gasteiger partial charge in [0.05, 0.1) is 11.1 Å². The van der Waals surface area contributed by atoms with Crippen molar-refractivity contribution in [2.45, 2.75) is 45.6 Å². The average Bonchev–Trinajstić information content (AvgIpc) is 2.57. The maximum Gasteiger partial charge on any atom is 0.172 e. The highest BCUT2D eigenvalue weighted by atomic mass is 79.9. The lowest BCUT2D eigenvalue weighted by molar-refractivity contribution is 0.162. The van der Waals surface area contributed by atoms with Gasteiger partial charge in [-0.2, -0.15) is 0 Å². The molecule has 1 aliphatic rings. The van der Waals surface area contributed by atoms with Gasteiger partial charge in [-0.1, -0.05) is 26.2 Å². The summed E-state index contributed by atoms with van der Waals surface area (Å²) in [4.78, 5) is 2.56. The van der Waals surface area contributed by atoms with E-state index in [0.717, 1.165) is 32.6 Å². The third-order valence-electron chi connectivity index (χ3n) is 4.41. The van der Waals surface area contributed by atoms with Crippen LogP contribution in [0, 0.1) is 0 Å². The molecule has 0 aliphatic carbocycles. The number of nitrogens with one attached hydrogen (secondary N) is 1. The van der Waals surface area contributed by atoms with Crippen molar-refractivity contribution in [1.29, 1.82) is 0 Å². The molecule has 1 saturated heterocycles. The quantitative estimate of drug-likeness (QED) is 0.662. The number of unbranched alkanes of at least 4 members (excludes halogenated alkanes) is 2. The molecule has 5 heteroatoms. The Hall–Kier alpha value is -0.780. The fourth-order valence-electron chi connectivity index (χ4n) is 3.19. The third-order valence-corrected chi connectivity index (χ3v) is 5.01. The number of halogens is 1. The molecular formula is C18H29BrN2O2. The van der Waals surface area contributed by atoms with Gasteiger partial charge in [-0.25, -0.2) is 0 Å². The number of aromatic hydroxyl groups is 1. The molecule has 1 fully saturated rings. The van der Waals surface area contributed by atoms with Crippen molar-refractivity contribution in [2.75, 3.05) is 32.8 Å². The second-order valence-corrected chi connectivity index (χ2v) is 6.93. The van der Waals surface area contributed by atoms with Gasteiger partial charge in [-0.15, -0.1) is 0 Å². The van der Waals surface area contributed by atoms with E-state index in [1.165, 1.54) is 24.8 Å². The molecule has 23 heavy (non-hydrogen) atoms. The van der Waals surface area contributed by atoms with Crippen LogP contribution in [0.25, 0.3) is 0 Å². The number of phenols is 1. The maximum absolute atomic E-state index is 10.2. The van der Waals surface area contributed by atoms with Crippen LogP contribution in [0.15, 0.2) is 16.6 Å². The Bertz CT molecular complexity index is 490. The van der Waals surface area contributed by atoms with Crippen LogP contribution in [-0.4, -0.2) is 42.8 Å². The molecule has 1 aliphatic heterocycles. The zero-order valence-corrected chi connectivity index (χ0v) is 15.9. The molecule has 1 heterocycles. The minimum Gasteiger partial charge on any atom is -0.503 e. The summed E-state index contributed by atoms with van der Waals surface area (Å²) >= 11 is 3.48. The number of rotatable bonds is 8. The molecule has 1 aromatic rings. The van der Waals surface area contributed by atoms with Crippen LogP contribution >= 0.6 is 15.9 Å². The van der Waals surface area contributed by atoms with Crippen molar-refractivity contribution in [3.8, 4) is 11.5 Å². The van der Waals surface area contributed by atoms with Gasteiger partial charge in [0.15, 0.2) is 11.5 Å². The molecule has 130 valence electrons. The molecule has 1 atom stereocenters. The Morgan fingerprint density at radius 2 is 2.00 bits per heavy atom. The molecule has 2 N–H and O–H groups in total. The average molecular weight is 385 g/mol. The summed E-state index contributed by atoms with van der Waals surface area (Å²) in [6.45, 7) is 8.96. The minimum absolute atomic E-state index is 0.197. The van der Waals surface area contributed by atoms with Gasteiger partial charge in [-0.05, 0) is 47.0 Å². The largest absolute Gasteiger partial charge is 0.503 e. The first-order chi connectivity index (χ1) is 11.2. The standard InChI is InChI=1S/C18H29BrN2O2/c1-3-5-6-7-16(21-10-8-20-9-11-21)14-12-15(19)18(22)17(13-14)23-4-2/h12-13,16,20,22H,3-11H2,1-2H3/t16-/m1/s1. The number of nitrogens with zero attached hydrogens (tertiary/aromatic N) is 1. The van der Waals surface area contributed by atoms with Crippen molar-refractivity contribution in [1.82, 2.24) is 10.2 Å². The predicted molar refractivity (Wildman–Crippen MR) is 98.3 cm³/mol. The van der Waals surface area contributed by atoms with Crippen molar-refractivity contribution in [3.63, 3.8) is 0 Å². The predicted octanol–water partition coefficient (Wildman–Crippen LogP) is 4.08. The molecule has 0 saturated carbocycles. The van der Waals surface area contributed by atoms with E-state index in [-0.39, 0.29) is 5.75 Å². The number of ether oxygens (including phenoxy) is 1. The number of phenolic OH excluding ortho intramolecular Hbond substituents is 1. The van der Waals surface area contributed by atoms with Gasteiger partial charge < -0.3 is 15.2 Å². The summed E-state index contributed by atoms with van der Waals surface area (Å²) in [6.07, 6.45) is 4.88. The summed E-state index contributed by atoms with van der Waals surface area (Å²) in [5.41, 5.74) is 1.23. The molecule has 4 nitrogen and oxygen atoms in total. The first kappa shape index (κ1) is 18.6. The molecule has 1 aromatic carbocycles. The Kier molecular flexibility index (Phi) is 7.66. The second kappa shape index (κ2) is 9.50. The Labute approximate surface area is 148 Å².